The number of oxime groups is 2. The predicted octanol–water partition coefficient (Wildman–Crippen LogP) is 2.09. The quantitative estimate of drug-likeness (QED) is 0.510. The summed E-state index contributed by atoms with van der Waals surface area (Å²) in [4.78, 5) is 34.8. The number of halogens is 1. The van der Waals surface area contributed by atoms with Crippen molar-refractivity contribution in [2.45, 2.75) is 13.0 Å². The van der Waals surface area contributed by atoms with Gasteiger partial charge in [0.2, 0.25) is 0 Å². The fourth-order valence-corrected chi connectivity index (χ4v) is 2.75. The highest BCUT2D eigenvalue weighted by molar-refractivity contribution is 6.46. The Hall–Kier alpha value is -3.75. The molecule has 0 aliphatic heterocycles. The molecule has 2 amide bonds. The van der Waals surface area contributed by atoms with Crippen molar-refractivity contribution in [2.24, 2.45) is 10.3 Å². The van der Waals surface area contributed by atoms with Crippen LogP contribution in [0.4, 0.5) is 4.39 Å². The third-order valence-electron chi connectivity index (χ3n) is 4.14. The number of hydrogen-bond donors (Lipinski definition) is 2. The van der Waals surface area contributed by atoms with Crippen molar-refractivity contribution in [1.29, 1.82) is 0 Å². The van der Waals surface area contributed by atoms with Crippen molar-refractivity contribution in [1.82, 2.24) is 10.6 Å². The number of nitrogens with zero attached hydrogens (tertiary/aromatic N) is 2. The summed E-state index contributed by atoms with van der Waals surface area (Å²) in [5.74, 6) is -1.35. The van der Waals surface area contributed by atoms with Crippen molar-refractivity contribution in [3.63, 3.8) is 0 Å². The second kappa shape index (κ2) is 10.7. The number of carbonyl (C=O) groups is 2. The maximum atomic E-state index is 13.3. The van der Waals surface area contributed by atoms with Gasteiger partial charge in [-0.15, -0.1) is 0 Å². The second-order valence-electron chi connectivity index (χ2n) is 6.11. The smallest absolute Gasteiger partial charge is 0.273 e. The van der Waals surface area contributed by atoms with Crippen LogP contribution in [0.1, 0.15) is 28.4 Å². The van der Waals surface area contributed by atoms with Crippen LogP contribution in [0, 0.1) is 5.82 Å². The van der Waals surface area contributed by atoms with Crippen molar-refractivity contribution in [3.8, 4) is 0 Å². The summed E-state index contributed by atoms with van der Waals surface area (Å²) in [6.45, 7) is 1.71. The molecule has 158 valence electrons. The van der Waals surface area contributed by atoms with Gasteiger partial charge in [0.15, 0.2) is 5.71 Å². The van der Waals surface area contributed by atoms with E-state index in [0.29, 0.717) is 16.8 Å². The van der Waals surface area contributed by atoms with E-state index >= 15 is 0 Å². The minimum atomic E-state index is -0.584. The lowest BCUT2D eigenvalue weighted by Gasteiger charge is -2.18. The van der Waals surface area contributed by atoms with E-state index in [-0.39, 0.29) is 17.1 Å². The first kappa shape index (κ1) is 22.5. The lowest BCUT2D eigenvalue weighted by molar-refractivity contribution is -0.114. The van der Waals surface area contributed by atoms with Gasteiger partial charge in [-0.2, -0.15) is 0 Å². The number of benzene rings is 2. The number of rotatable bonds is 8. The monoisotopic (exact) mass is 414 g/mol. The standard InChI is InChI=1S/C21H23FN4O4/c1-13(18(25-29-3)14-9-11-15(22)12-10-14)24-20(27)17-8-6-5-7-16(17)19(26-30-4)21(28)23-2/h5-13H,1-4H3,(H,23,28)(H,24,27)/b25-18-,26-19-. The normalized spacial score (nSPS) is 12.7. The first-order valence-corrected chi connectivity index (χ1v) is 9.03. The van der Waals surface area contributed by atoms with Crippen molar-refractivity contribution in [3.05, 3.63) is 71.0 Å². The highest BCUT2D eigenvalue weighted by Gasteiger charge is 2.23. The van der Waals surface area contributed by atoms with Gasteiger partial charge in [0.25, 0.3) is 11.8 Å². The van der Waals surface area contributed by atoms with E-state index in [1.807, 2.05) is 0 Å². The molecule has 0 bridgehead atoms. The Balaban J connectivity index is 2.35. The lowest BCUT2D eigenvalue weighted by Crippen LogP contribution is -2.40. The average molecular weight is 414 g/mol. The average Bonchev–Trinajstić information content (AvgIpc) is 2.76. The summed E-state index contributed by atoms with van der Waals surface area (Å²) in [5, 5.41) is 13.0. The number of nitrogens with one attached hydrogen (secondary N) is 2. The molecule has 1 atom stereocenters. The van der Waals surface area contributed by atoms with Gasteiger partial charge in [-0.3, -0.25) is 9.59 Å². The molecule has 0 spiro atoms. The van der Waals surface area contributed by atoms with Crippen molar-refractivity contribution >= 4 is 23.2 Å². The van der Waals surface area contributed by atoms with Crippen LogP contribution in [-0.4, -0.2) is 50.5 Å². The second-order valence-corrected chi connectivity index (χ2v) is 6.11. The zero-order valence-electron chi connectivity index (χ0n) is 17.1. The van der Waals surface area contributed by atoms with Gasteiger partial charge >= 0.3 is 0 Å². The van der Waals surface area contributed by atoms with Crippen LogP contribution < -0.4 is 10.6 Å². The summed E-state index contributed by atoms with van der Waals surface area (Å²) < 4.78 is 13.3. The van der Waals surface area contributed by atoms with Gasteiger partial charge in [-0.1, -0.05) is 40.6 Å². The molecule has 2 aromatic rings. The third kappa shape index (κ3) is 5.40. The van der Waals surface area contributed by atoms with Gasteiger partial charge < -0.3 is 20.3 Å². The van der Waals surface area contributed by atoms with Gasteiger partial charge in [0.05, 0.1) is 6.04 Å². The molecule has 2 N–H and O–H groups in total. The molecule has 0 fully saturated rings. The fourth-order valence-electron chi connectivity index (χ4n) is 2.75. The van der Waals surface area contributed by atoms with Gasteiger partial charge in [-0.05, 0) is 25.1 Å². The van der Waals surface area contributed by atoms with Crippen LogP contribution in [0.2, 0.25) is 0 Å². The molecule has 1 unspecified atom stereocenters. The van der Waals surface area contributed by atoms with E-state index in [0.717, 1.165) is 0 Å². The molecule has 0 heterocycles. The largest absolute Gasteiger partial charge is 0.399 e. The van der Waals surface area contributed by atoms with Crippen LogP contribution in [0.15, 0.2) is 58.8 Å². The van der Waals surface area contributed by atoms with E-state index < -0.39 is 17.9 Å². The Kier molecular flexibility index (Phi) is 8.04. The van der Waals surface area contributed by atoms with Gasteiger partial charge in [0.1, 0.15) is 25.7 Å². The van der Waals surface area contributed by atoms with Crippen LogP contribution in [-0.2, 0) is 14.5 Å². The maximum absolute atomic E-state index is 13.3. The SMILES string of the molecule is CNC(=O)/C(=N\OC)c1ccccc1C(=O)NC(C)/C(=N/OC)c1ccc(F)cc1. The Morgan fingerprint density at radius 2 is 1.57 bits per heavy atom. The van der Waals surface area contributed by atoms with E-state index in [2.05, 4.69) is 20.9 Å². The minimum absolute atomic E-state index is 0.0391. The molecule has 0 aliphatic carbocycles. The molecule has 0 aromatic heterocycles. The Morgan fingerprint density at radius 3 is 2.13 bits per heavy atom. The minimum Gasteiger partial charge on any atom is -0.399 e. The van der Waals surface area contributed by atoms with E-state index in [1.165, 1.54) is 33.4 Å². The lowest BCUT2D eigenvalue weighted by atomic mass is 10.00. The number of amides is 2. The molecule has 0 radical (unpaired) electrons. The molecular formula is C21H23FN4O4. The predicted molar refractivity (Wildman–Crippen MR) is 111 cm³/mol. The highest BCUT2D eigenvalue weighted by atomic mass is 19.1. The molecule has 0 saturated heterocycles. The third-order valence-corrected chi connectivity index (χ3v) is 4.14. The summed E-state index contributed by atoms with van der Waals surface area (Å²) in [5.41, 5.74) is 1.48. The number of carbonyl (C=O) groups excluding carboxylic acids is 2. The molecule has 8 nitrogen and oxygen atoms in total. The molecular weight excluding hydrogens is 391 g/mol. The molecule has 9 heteroatoms. The Labute approximate surface area is 173 Å². The zero-order chi connectivity index (χ0) is 22.1. The van der Waals surface area contributed by atoms with Gasteiger partial charge in [0, 0.05) is 23.7 Å². The molecule has 2 rings (SSSR count). The van der Waals surface area contributed by atoms with Crippen LogP contribution in [0.3, 0.4) is 0 Å². The summed E-state index contributed by atoms with van der Waals surface area (Å²) in [6.07, 6.45) is 0. The Bertz CT molecular complexity index is 958. The van der Waals surface area contributed by atoms with Crippen molar-refractivity contribution < 1.29 is 23.7 Å². The summed E-state index contributed by atoms with van der Waals surface area (Å²) in [6, 6.07) is 11.6. The van der Waals surface area contributed by atoms with Crippen LogP contribution in [0.5, 0.6) is 0 Å². The number of likely N-dealkylation sites (N-methyl/N-ethyl adjacent to an activating group) is 1. The van der Waals surface area contributed by atoms with E-state index in [4.69, 9.17) is 9.68 Å². The molecule has 0 saturated carbocycles. The molecule has 30 heavy (non-hydrogen) atoms. The number of hydrogen-bond acceptors (Lipinski definition) is 6. The first-order chi connectivity index (χ1) is 14.4. The topological polar surface area (TPSA) is 101 Å². The first-order valence-electron chi connectivity index (χ1n) is 9.03. The highest BCUT2D eigenvalue weighted by Crippen LogP contribution is 2.13. The van der Waals surface area contributed by atoms with Crippen molar-refractivity contribution in [2.75, 3.05) is 21.3 Å². The molecule has 2 aromatic carbocycles. The zero-order valence-corrected chi connectivity index (χ0v) is 17.1. The Morgan fingerprint density at radius 1 is 0.967 bits per heavy atom. The maximum Gasteiger partial charge on any atom is 0.273 e. The molecule has 0 aliphatic rings. The summed E-state index contributed by atoms with van der Waals surface area (Å²) in [7, 11) is 4.14. The van der Waals surface area contributed by atoms with Gasteiger partial charge in [-0.25, -0.2) is 4.39 Å². The van der Waals surface area contributed by atoms with E-state index in [9.17, 15) is 14.0 Å². The van der Waals surface area contributed by atoms with Crippen LogP contribution >= 0.6 is 0 Å². The van der Waals surface area contributed by atoms with E-state index in [1.54, 1.807) is 43.3 Å². The fraction of sp³-hybridized carbons (Fsp3) is 0.238. The van der Waals surface area contributed by atoms with Crippen LogP contribution in [0.25, 0.3) is 0 Å². The summed E-state index contributed by atoms with van der Waals surface area (Å²) >= 11 is 0.